The van der Waals surface area contributed by atoms with Gasteiger partial charge in [0.1, 0.15) is 5.01 Å². The lowest BCUT2D eigenvalue weighted by Crippen LogP contribution is -2.03. The molecule has 2 aromatic heterocycles. The molecule has 0 amide bonds. The van der Waals surface area contributed by atoms with Crippen molar-refractivity contribution in [3.63, 3.8) is 0 Å². The topological polar surface area (TPSA) is 50.2 Å². The van der Waals surface area contributed by atoms with E-state index in [1.807, 2.05) is 35.7 Å². The molecule has 0 bridgehead atoms. The molecule has 0 spiro atoms. The molecule has 9 heteroatoms. The van der Waals surface area contributed by atoms with Crippen LogP contribution in [-0.4, -0.2) is 16.1 Å². The van der Waals surface area contributed by atoms with Gasteiger partial charge in [-0.15, -0.1) is 34.4 Å². The van der Waals surface area contributed by atoms with E-state index in [2.05, 4.69) is 6.07 Å². The van der Waals surface area contributed by atoms with Gasteiger partial charge in [-0.1, -0.05) is 30.3 Å². The van der Waals surface area contributed by atoms with E-state index in [4.69, 9.17) is 10.1 Å². The number of carbonyl (C=O) groups is 1. The first-order valence-electron chi connectivity index (χ1n) is 10.2. The number of halogens is 3. The molecule has 0 fully saturated rings. The number of thiazole rings is 1. The molecule has 0 radical (unpaired) electrons. The number of para-hydroxylation sites is 1. The van der Waals surface area contributed by atoms with Gasteiger partial charge in [0.25, 0.3) is 0 Å². The zero-order valence-electron chi connectivity index (χ0n) is 17.4. The molecular weight excluding hydrogens is 499 g/mol. The number of thioether (sulfide) groups is 1. The second-order valence-corrected chi connectivity index (χ2v) is 10.6. The molecule has 0 atom stereocenters. The summed E-state index contributed by atoms with van der Waals surface area (Å²) in [7, 11) is 0. The Kier molecular flexibility index (Phi) is 6.09. The van der Waals surface area contributed by atoms with Crippen LogP contribution in [0, 0.1) is 0 Å². The normalized spacial score (nSPS) is 12.0. The van der Waals surface area contributed by atoms with E-state index in [9.17, 15) is 18.0 Å². The molecule has 2 heterocycles. The summed E-state index contributed by atoms with van der Waals surface area (Å²) in [4.78, 5) is 16.9. The highest BCUT2D eigenvalue weighted by Gasteiger charge is 2.30. The summed E-state index contributed by atoms with van der Waals surface area (Å²) in [6.07, 6.45) is -4.35. The van der Waals surface area contributed by atoms with Crippen LogP contribution in [0.3, 0.4) is 0 Å². The Bertz CT molecular complexity index is 1500. The van der Waals surface area contributed by atoms with Crippen LogP contribution < -0.4 is 0 Å². The zero-order chi connectivity index (χ0) is 23.9. The van der Waals surface area contributed by atoms with Crippen molar-refractivity contribution < 1.29 is 23.1 Å². The molecule has 5 rings (SSSR count). The summed E-state index contributed by atoms with van der Waals surface area (Å²) in [6, 6.07) is 17.1. The fraction of sp³-hybridized carbons (Fsp3) is 0.120. The van der Waals surface area contributed by atoms with Crippen molar-refractivity contribution >= 4 is 60.7 Å². The number of nitrogens with zero attached hydrogens (tertiary/aromatic N) is 1. The highest BCUT2D eigenvalue weighted by molar-refractivity contribution is 7.98. The van der Waals surface area contributed by atoms with Crippen molar-refractivity contribution in [3.8, 4) is 10.6 Å². The molecule has 0 saturated heterocycles. The van der Waals surface area contributed by atoms with Crippen molar-refractivity contribution in [2.45, 2.75) is 23.2 Å². The van der Waals surface area contributed by atoms with E-state index in [0.29, 0.717) is 16.3 Å². The molecule has 0 saturated carbocycles. The molecule has 0 unspecified atom stereocenters. The van der Waals surface area contributed by atoms with Crippen LogP contribution in [0.5, 0.6) is 0 Å². The lowest BCUT2D eigenvalue weighted by molar-refractivity contribution is -0.138. The Hall–Kier alpha value is -2.88. The van der Waals surface area contributed by atoms with Crippen molar-refractivity contribution in [3.05, 3.63) is 82.7 Å². The van der Waals surface area contributed by atoms with Gasteiger partial charge >= 0.3 is 12.1 Å². The third kappa shape index (κ3) is 4.68. The molecule has 3 aromatic carbocycles. The number of thiophene rings is 1. The summed E-state index contributed by atoms with van der Waals surface area (Å²) in [5.41, 5.74) is 2.72. The number of aromatic nitrogens is 1. The predicted molar refractivity (Wildman–Crippen MR) is 133 cm³/mol. The van der Waals surface area contributed by atoms with Crippen LogP contribution >= 0.6 is 34.4 Å². The minimum absolute atomic E-state index is 0.0135. The first-order chi connectivity index (χ1) is 16.3. The maximum atomic E-state index is 12.9. The third-order valence-electron chi connectivity index (χ3n) is 5.32. The highest BCUT2D eigenvalue weighted by Crippen LogP contribution is 2.37. The van der Waals surface area contributed by atoms with Gasteiger partial charge in [-0.2, -0.15) is 13.2 Å². The van der Waals surface area contributed by atoms with Gasteiger partial charge in [0.15, 0.2) is 0 Å². The summed E-state index contributed by atoms with van der Waals surface area (Å²) in [6.45, 7) is 0. The molecule has 5 aromatic rings. The fourth-order valence-electron chi connectivity index (χ4n) is 3.66. The van der Waals surface area contributed by atoms with Crippen molar-refractivity contribution in [2.75, 3.05) is 0 Å². The van der Waals surface area contributed by atoms with E-state index >= 15 is 0 Å². The molecule has 3 nitrogen and oxygen atoms in total. The van der Waals surface area contributed by atoms with Crippen LogP contribution in [0.2, 0.25) is 0 Å². The number of carboxylic acid groups (broad SMARTS) is 1. The van der Waals surface area contributed by atoms with Crippen LogP contribution in [0.4, 0.5) is 13.2 Å². The third-order valence-corrected chi connectivity index (χ3v) is 8.43. The Balaban J connectivity index is 1.37. The Labute approximate surface area is 204 Å². The number of carboxylic acids is 1. The molecule has 0 aliphatic heterocycles. The number of hydrogen-bond donors (Lipinski definition) is 1. The van der Waals surface area contributed by atoms with Gasteiger partial charge in [0, 0.05) is 20.9 Å². The smallest absolute Gasteiger partial charge is 0.416 e. The lowest BCUT2D eigenvalue weighted by atomic mass is 10.1. The van der Waals surface area contributed by atoms with Gasteiger partial charge in [-0.3, -0.25) is 4.79 Å². The second kappa shape index (κ2) is 9.05. The number of benzene rings is 3. The molecule has 172 valence electrons. The molecule has 0 aliphatic carbocycles. The number of alkyl halides is 3. The van der Waals surface area contributed by atoms with Gasteiger partial charge in [-0.05, 0) is 52.2 Å². The number of rotatable bonds is 6. The minimum atomic E-state index is -4.36. The summed E-state index contributed by atoms with van der Waals surface area (Å²) >= 11 is 4.67. The van der Waals surface area contributed by atoms with Gasteiger partial charge < -0.3 is 5.11 Å². The molecular formula is C25H16F3NO2S3. The summed E-state index contributed by atoms with van der Waals surface area (Å²) in [5.74, 6) is -0.156. The molecule has 0 aliphatic rings. The average molecular weight is 516 g/mol. The Morgan fingerprint density at radius 3 is 2.53 bits per heavy atom. The zero-order valence-corrected chi connectivity index (χ0v) is 19.9. The van der Waals surface area contributed by atoms with Crippen LogP contribution in [0.25, 0.3) is 30.9 Å². The quantitative estimate of drug-likeness (QED) is 0.232. The first kappa shape index (κ1) is 22.9. The number of fused-ring (bicyclic) bond motifs is 2. The van der Waals surface area contributed by atoms with Gasteiger partial charge in [0.2, 0.25) is 0 Å². The van der Waals surface area contributed by atoms with E-state index in [1.54, 1.807) is 11.8 Å². The van der Waals surface area contributed by atoms with E-state index in [1.165, 1.54) is 34.8 Å². The number of hydrogen-bond acceptors (Lipinski definition) is 5. The monoisotopic (exact) mass is 515 g/mol. The van der Waals surface area contributed by atoms with Crippen molar-refractivity contribution in [1.29, 1.82) is 0 Å². The van der Waals surface area contributed by atoms with Crippen LogP contribution in [0.15, 0.2) is 70.9 Å². The fourth-order valence-corrected chi connectivity index (χ4v) is 6.68. The van der Waals surface area contributed by atoms with E-state index in [-0.39, 0.29) is 6.42 Å². The Morgan fingerprint density at radius 1 is 1.00 bits per heavy atom. The largest absolute Gasteiger partial charge is 0.481 e. The molecule has 34 heavy (non-hydrogen) atoms. The number of aliphatic carboxylic acids is 1. The van der Waals surface area contributed by atoms with Crippen molar-refractivity contribution in [1.82, 2.24) is 4.98 Å². The van der Waals surface area contributed by atoms with Crippen LogP contribution in [-0.2, 0) is 23.1 Å². The van der Waals surface area contributed by atoms with E-state index in [0.717, 1.165) is 48.5 Å². The maximum absolute atomic E-state index is 12.9. The highest BCUT2D eigenvalue weighted by atomic mass is 32.2. The lowest BCUT2D eigenvalue weighted by Gasteiger charge is -2.06. The average Bonchev–Trinajstić information content (AvgIpc) is 3.41. The standard InChI is InChI=1S/C25H16F3NO2S3/c26-25(27,28)17-6-4-14(5-7-17)24-29-23-15(2-1-3-20(23)34-24)12-32-18-8-9-19-16(10-22(30)31)13-33-21(19)11-18/h1-9,11,13H,10,12H2,(H,30,31). The second-order valence-electron chi connectivity index (χ2n) is 7.64. The Morgan fingerprint density at radius 2 is 1.79 bits per heavy atom. The SMILES string of the molecule is O=C(O)Cc1csc2cc(SCc3cccc4sc(-c5ccc(C(F)(F)F)cc5)nc34)ccc12. The minimum Gasteiger partial charge on any atom is -0.481 e. The predicted octanol–water partition coefficient (Wildman–Crippen LogP) is 8.12. The van der Waals surface area contributed by atoms with Gasteiger partial charge in [0.05, 0.1) is 22.2 Å². The summed E-state index contributed by atoms with van der Waals surface area (Å²) < 4.78 is 40.6. The van der Waals surface area contributed by atoms with Crippen LogP contribution in [0.1, 0.15) is 16.7 Å². The molecule has 1 N–H and O–H groups in total. The first-order valence-corrected chi connectivity index (χ1v) is 12.9. The van der Waals surface area contributed by atoms with E-state index < -0.39 is 17.7 Å². The van der Waals surface area contributed by atoms with Gasteiger partial charge in [-0.25, -0.2) is 4.98 Å². The summed E-state index contributed by atoms with van der Waals surface area (Å²) in [5, 5.41) is 12.6. The maximum Gasteiger partial charge on any atom is 0.416 e. The van der Waals surface area contributed by atoms with Crippen molar-refractivity contribution in [2.24, 2.45) is 0 Å².